The van der Waals surface area contributed by atoms with E-state index in [-0.39, 0.29) is 4.90 Å². The molecule has 6 heteroatoms. The van der Waals surface area contributed by atoms with Gasteiger partial charge in [0.25, 0.3) is 0 Å². The van der Waals surface area contributed by atoms with Crippen molar-refractivity contribution in [2.75, 3.05) is 17.6 Å². The Hall–Kier alpha value is -1.27. The van der Waals surface area contributed by atoms with E-state index in [1.165, 1.54) is 18.2 Å². The average molecular weight is 229 g/mol. The number of primary sulfonamides is 1. The largest absolute Gasteiger partial charge is 0.397 e. The third-order valence-corrected chi connectivity index (χ3v) is 2.83. The zero-order chi connectivity index (χ0) is 11.5. The van der Waals surface area contributed by atoms with Crippen LogP contribution in [0.1, 0.15) is 13.3 Å². The molecule has 0 saturated carbocycles. The molecule has 1 aromatic rings. The van der Waals surface area contributed by atoms with Crippen molar-refractivity contribution >= 4 is 21.4 Å². The van der Waals surface area contributed by atoms with Crippen molar-refractivity contribution in [3.8, 4) is 0 Å². The van der Waals surface area contributed by atoms with E-state index in [1.54, 1.807) is 0 Å². The van der Waals surface area contributed by atoms with E-state index in [2.05, 4.69) is 5.32 Å². The molecular weight excluding hydrogens is 214 g/mol. The quantitative estimate of drug-likeness (QED) is 0.663. The fraction of sp³-hybridized carbons (Fsp3) is 0.333. The molecule has 0 fully saturated rings. The van der Waals surface area contributed by atoms with Crippen LogP contribution in [-0.2, 0) is 10.0 Å². The van der Waals surface area contributed by atoms with Crippen LogP contribution in [0.15, 0.2) is 23.1 Å². The van der Waals surface area contributed by atoms with Crippen molar-refractivity contribution in [2.45, 2.75) is 18.2 Å². The minimum absolute atomic E-state index is 0.0651. The fourth-order valence-corrected chi connectivity index (χ4v) is 1.66. The van der Waals surface area contributed by atoms with Gasteiger partial charge in [-0.3, -0.25) is 0 Å². The number of nitrogens with two attached hydrogens (primary N) is 2. The molecule has 5 nitrogen and oxygen atoms in total. The van der Waals surface area contributed by atoms with Crippen LogP contribution in [0.2, 0.25) is 0 Å². The van der Waals surface area contributed by atoms with Crippen LogP contribution in [0.5, 0.6) is 0 Å². The predicted molar refractivity (Wildman–Crippen MR) is 61.0 cm³/mol. The van der Waals surface area contributed by atoms with Crippen LogP contribution in [-0.4, -0.2) is 15.0 Å². The van der Waals surface area contributed by atoms with E-state index in [0.717, 1.165) is 13.0 Å². The molecule has 1 aromatic carbocycles. The molecule has 0 atom stereocenters. The van der Waals surface area contributed by atoms with Crippen molar-refractivity contribution in [1.82, 2.24) is 0 Å². The monoisotopic (exact) mass is 229 g/mol. The van der Waals surface area contributed by atoms with Crippen LogP contribution in [0, 0.1) is 0 Å². The molecule has 0 radical (unpaired) electrons. The molecule has 15 heavy (non-hydrogen) atoms. The molecular formula is C9H15N3O2S. The lowest BCUT2D eigenvalue weighted by Gasteiger charge is -2.09. The maximum atomic E-state index is 11.1. The molecule has 0 amide bonds. The number of benzene rings is 1. The summed E-state index contributed by atoms with van der Waals surface area (Å²) in [7, 11) is -3.66. The minimum Gasteiger partial charge on any atom is -0.397 e. The molecule has 0 heterocycles. The Bertz CT molecular complexity index is 443. The summed E-state index contributed by atoms with van der Waals surface area (Å²) in [4.78, 5) is 0.0651. The third kappa shape index (κ3) is 3.10. The van der Waals surface area contributed by atoms with Gasteiger partial charge in [0.1, 0.15) is 0 Å². The van der Waals surface area contributed by atoms with Gasteiger partial charge in [0.15, 0.2) is 0 Å². The van der Waals surface area contributed by atoms with E-state index in [0.29, 0.717) is 11.4 Å². The van der Waals surface area contributed by atoms with E-state index in [9.17, 15) is 8.42 Å². The number of nitrogens with one attached hydrogen (secondary N) is 1. The van der Waals surface area contributed by atoms with E-state index < -0.39 is 10.0 Å². The molecule has 0 aliphatic rings. The van der Waals surface area contributed by atoms with Gasteiger partial charge < -0.3 is 11.1 Å². The van der Waals surface area contributed by atoms with Crippen molar-refractivity contribution in [1.29, 1.82) is 0 Å². The highest BCUT2D eigenvalue weighted by Crippen LogP contribution is 2.21. The van der Waals surface area contributed by atoms with Gasteiger partial charge in [-0.05, 0) is 24.6 Å². The average Bonchev–Trinajstić information content (AvgIpc) is 2.15. The Balaban J connectivity index is 3.06. The van der Waals surface area contributed by atoms with Gasteiger partial charge >= 0.3 is 0 Å². The van der Waals surface area contributed by atoms with Crippen LogP contribution in [0.4, 0.5) is 11.4 Å². The summed E-state index contributed by atoms with van der Waals surface area (Å²) >= 11 is 0. The Morgan fingerprint density at radius 1 is 1.40 bits per heavy atom. The summed E-state index contributed by atoms with van der Waals surface area (Å²) in [6, 6.07) is 4.36. The lowest BCUT2D eigenvalue weighted by Crippen LogP contribution is -2.13. The highest BCUT2D eigenvalue weighted by molar-refractivity contribution is 7.89. The fourth-order valence-electron chi connectivity index (χ4n) is 1.13. The summed E-state index contributed by atoms with van der Waals surface area (Å²) in [6.07, 6.45) is 0.930. The van der Waals surface area contributed by atoms with E-state index in [4.69, 9.17) is 10.9 Å². The van der Waals surface area contributed by atoms with Crippen molar-refractivity contribution in [3.63, 3.8) is 0 Å². The summed E-state index contributed by atoms with van der Waals surface area (Å²) in [6.45, 7) is 2.74. The highest BCUT2D eigenvalue weighted by atomic mass is 32.2. The van der Waals surface area contributed by atoms with Crippen molar-refractivity contribution in [2.24, 2.45) is 5.14 Å². The molecule has 1 rings (SSSR count). The Morgan fingerprint density at radius 3 is 2.60 bits per heavy atom. The smallest absolute Gasteiger partial charge is 0.238 e. The maximum absolute atomic E-state index is 11.1. The number of anilines is 2. The van der Waals surface area contributed by atoms with Gasteiger partial charge in [-0.2, -0.15) is 0 Å². The van der Waals surface area contributed by atoms with Crippen LogP contribution < -0.4 is 16.2 Å². The summed E-state index contributed by atoms with van der Waals surface area (Å²) in [5.74, 6) is 0. The first-order chi connectivity index (χ1) is 6.95. The van der Waals surface area contributed by atoms with E-state index in [1.807, 2.05) is 6.92 Å². The van der Waals surface area contributed by atoms with Gasteiger partial charge in [0.05, 0.1) is 16.3 Å². The van der Waals surface area contributed by atoms with Crippen LogP contribution in [0.25, 0.3) is 0 Å². The number of sulfonamides is 1. The number of hydrogen-bond donors (Lipinski definition) is 3. The van der Waals surface area contributed by atoms with Gasteiger partial charge in [0.2, 0.25) is 10.0 Å². The summed E-state index contributed by atoms with van der Waals surface area (Å²) in [5, 5.41) is 8.04. The standard InChI is InChI=1S/C9H15N3O2S/c1-2-5-12-9-6-7(15(11,13)14)3-4-8(9)10/h3-4,6,12H,2,5,10H2,1H3,(H2,11,13,14). The maximum Gasteiger partial charge on any atom is 0.238 e. The van der Waals surface area contributed by atoms with Crippen molar-refractivity contribution in [3.05, 3.63) is 18.2 Å². The predicted octanol–water partition coefficient (Wildman–Crippen LogP) is 0.738. The lowest BCUT2D eigenvalue weighted by atomic mass is 10.2. The summed E-state index contributed by atoms with van der Waals surface area (Å²) in [5.41, 5.74) is 6.79. The van der Waals surface area contributed by atoms with Gasteiger partial charge in [0, 0.05) is 6.54 Å². The first-order valence-electron chi connectivity index (χ1n) is 4.61. The topological polar surface area (TPSA) is 98.2 Å². The molecule has 0 aliphatic carbocycles. The zero-order valence-electron chi connectivity index (χ0n) is 8.53. The van der Waals surface area contributed by atoms with Crippen LogP contribution >= 0.6 is 0 Å². The van der Waals surface area contributed by atoms with Gasteiger partial charge in [-0.1, -0.05) is 6.92 Å². The van der Waals surface area contributed by atoms with Crippen molar-refractivity contribution < 1.29 is 8.42 Å². The molecule has 84 valence electrons. The Kier molecular flexibility index (Phi) is 3.54. The third-order valence-electron chi connectivity index (χ3n) is 1.92. The molecule has 0 bridgehead atoms. The molecule has 0 aromatic heterocycles. The Labute approximate surface area is 89.5 Å². The SMILES string of the molecule is CCCNc1cc(S(N)(=O)=O)ccc1N. The van der Waals surface area contributed by atoms with Crippen LogP contribution in [0.3, 0.4) is 0 Å². The number of hydrogen-bond acceptors (Lipinski definition) is 4. The highest BCUT2D eigenvalue weighted by Gasteiger charge is 2.09. The number of rotatable bonds is 4. The molecule has 0 unspecified atom stereocenters. The molecule has 0 spiro atoms. The second kappa shape index (κ2) is 4.50. The second-order valence-corrected chi connectivity index (χ2v) is 4.78. The first-order valence-corrected chi connectivity index (χ1v) is 6.16. The first kappa shape index (κ1) is 11.8. The molecule has 0 aliphatic heterocycles. The lowest BCUT2D eigenvalue weighted by molar-refractivity contribution is 0.598. The normalized spacial score (nSPS) is 11.3. The molecule has 5 N–H and O–H groups in total. The summed E-state index contributed by atoms with van der Waals surface area (Å²) < 4.78 is 22.2. The van der Waals surface area contributed by atoms with E-state index >= 15 is 0 Å². The van der Waals surface area contributed by atoms with Gasteiger partial charge in [-0.25, -0.2) is 13.6 Å². The molecule has 0 saturated heterocycles. The Morgan fingerprint density at radius 2 is 2.07 bits per heavy atom. The minimum atomic E-state index is -3.66. The van der Waals surface area contributed by atoms with Gasteiger partial charge in [-0.15, -0.1) is 0 Å². The zero-order valence-corrected chi connectivity index (χ0v) is 9.34. The second-order valence-electron chi connectivity index (χ2n) is 3.22. The number of nitrogen functional groups attached to an aromatic ring is 1.